The van der Waals surface area contributed by atoms with Gasteiger partial charge in [-0.15, -0.1) is 0 Å². The number of hydrogen-bond acceptors (Lipinski definition) is 3. The van der Waals surface area contributed by atoms with Crippen molar-refractivity contribution in [1.82, 2.24) is 9.88 Å². The second-order valence-electron chi connectivity index (χ2n) is 3.65. The van der Waals surface area contributed by atoms with Crippen molar-refractivity contribution < 1.29 is 18.3 Å². The van der Waals surface area contributed by atoms with E-state index in [9.17, 15) is 13.2 Å². The Morgan fingerprint density at radius 3 is 2.50 bits per heavy atom. The highest BCUT2D eigenvalue weighted by Gasteiger charge is 2.30. The first-order chi connectivity index (χ1) is 8.31. The standard InChI is InChI=1S/C10H11Cl2F3N2O/c11-8-3-9(12)16-4-7(8)5-17(1-2-18)6-10(13,14)15/h3-4,18H,1-2,5-6H2. The van der Waals surface area contributed by atoms with Gasteiger partial charge in [0.25, 0.3) is 0 Å². The van der Waals surface area contributed by atoms with Gasteiger partial charge in [0, 0.05) is 29.9 Å². The predicted octanol–water partition coefficient (Wildman–Crippen LogP) is 2.75. The Hall–Kier alpha value is -0.560. The minimum Gasteiger partial charge on any atom is -0.395 e. The molecule has 0 aliphatic rings. The molecule has 18 heavy (non-hydrogen) atoms. The van der Waals surface area contributed by atoms with E-state index in [4.69, 9.17) is 28.3 Å². The van der Waals surface area contributed by atoms with Gasteiger partial charge in [-0.3, -0.25) is 4.90 Å². The molecule has 1 rings (SSSR count). The van der Waals surface area contributed by atoms with Gasteiger partial charge in [-0.1, -0.05) is 23.2 Å². The zero-order valence-electron chi connectivity index (χ0n) is 9.21. The lowest BCUT2D eigenvalue weighted by Gasteiger charge is -2.23. The topological polar surface area (TPSA) is 36.4 Å². The molecule has 0 bridgehead atoms. The maximum absolute atomic E-state index is 12.3. The van der Waals surface area contributed by atoms with Crippen LogP contribution in [0.25, 0.3) is 0 Å². The van der Waals surface area contributed by atoms with E-state index in [2.05, 4.69) is 4.98 Å². The molecule has 102 valence electrons. The minimum absolute atomic E-state index is 0.0525. The largest absolute Gasteiger partial charge is 0.401 e. The van der Waals surface area contributed by atoms with Gasteiger partial charge < -0.3 is 5.11 Å². The van der Waals surface area contributed by atoms with Gasteiger partial charge in [-0.2, -0.15) is 13.2 Å². The number of halogens is 5. The summed E-state index contributed by atoms with van der Waals surface area (Å²) in [6.45, 7) is -1.64. The van der Waals surface area contributed by atoms with Crippen LogP contribution >= 0.6 is 23.2 Å². The van der Waals surface area contributed by atoms with Crippen LogP contribution in [0.5, 0.6) is 0 Å². The maximum atomic E-state index is 12.3. The zero-order valence-corrected chi connectivity index (χ0v) is 10.7. The molecule has 0 aliphatic heterocycles. The SMILES string of the molecule is OCCN(Cc1cnc(Cl)cc1Cl)CC(F)(F)F. The van der Waals surface area contributed by atoms with Crippen molar-refractivity contribution in [2.75, 3.05) is 19.7 Å². The van der Waals surface area contributed by atoms with Crippen molar-refractivity contribution in [3.8, 4) is 0 Å². The molecule has 0 aromatic carbocycles. The Morgan fingerprint density at radius 2 is 2.00 bits per heavy atom. The first kappa shape index (κ1) is 15.5. The van der Waals surface area contributed by atoms with Crippen molar-refractivity contribution in [1.29, 1.82) is 0 Å². The molecule has 0 spiro atoms. The fourth-order valence-electron chi connectivity index (χ4n) is 1.40. The van der Waals surface area contributed by atoms with Gasteiger partial charge in [0.05, 0.1) is 13.2 Å². The smallest absolute Gasteiger partial charge is 0.395 e. The molecular weight excluding hydrogens is 292 g/mol. The molecular formula is C10H11Cl2F3N2O. The van der Waals surface area contributed by atoms with E-state index < -0.39 is 12.7 Å². The van der Waals surface area contributed by atoms with E-state index in [1.54, 1.807) is 0 Å². The average molecular weight is 303 g/mol. The van der Waals surface area contributed by atoms with Crippen molar-refractivity contribution in [2.45, 2.75) is 12.7 Å². The summed E-state index contributed by atoms with van der Waals surface area (Å²) in [5, 5.41) is 9.17. The number of alkyl halides is 3. The highest BCUT2D eigenvalue weighted by Crippen LogP contribution is 2.22. The fraction of sp³-hybridized carbons (Fsp3) is 0.500. The molecule has 0 aliphatic carbocycles. The molecule has 1 aromatic rings. The lowest BCUT2D eigenvalue weighted by atomic mass is 10.2. The monoisotopic (exact) mass is 302 g/mol. The second-order valence-corrected chi connectivity index (χ2v) is 4.44. The Labute approximate surface area is 112 Å². The highest BCUT2D eigenvalue weighted by molar-refractivity contribution is 6.34. The molecule has 0 saturated heterocycles. The minimum atomic E-state index is -4.33. The van der Waals surface area contributed by atoms with Crippen LogP contribution in [0, 0.1) is 0 Å². The van der Waals surface area contributed by atoms with E-state index in [0.29, 0.717) is 5.56 Å². The van der Waals surface area contributed by atoms with Crippen LogP contribution in [0.1, 0.15) is 5.56 Å². The first-order valence-corrected chi connectivity index (χ1v) is 5.77. The number of pyridine rings is 1. The molecule has 0 unspecified atom stereocenters. The number of nitrogens with zero attached hydrogens (tertiary/aromatic N) is 2. The molecule has 1 heterocycles. The van der Waals surface area contributed by atoms with Gasteiger partial charge >= 0.3 is 6.18 Å². The Kier molecular flexibility index (Phi) is 5.65. The highest BCUT2D eigenvalue weighted by atomic mass is 35.5. The molecule has 1 N–H and O–H groups in total. The van der Waals surface area contributed by atoms with Crippen molar-refractivity contribution in [2.24, 2.45) is 0 Å². The number of aliphatic hydroxyl groups is 1. The molecule has 3 nitrogen and oxygen atoms in total. The third-order valence-corrected chi connectivity index (χ3v) is 2.67. The second kappa shape index (κ2) is 6.56. The van der Waals surface area contributed by atoms with Gasteiger partial charge in [-0.05, 0) is 6.07 Å². The zero-order chi connectivity index (χ0) is 13.8. The number of aromatic nitrogens is 1. The van der Waals surface area contributed by atoms with Gasteiger partial charge in [0.2, 0.25) is 0 Å². The molecule has 1 aromatic heterocycles. The normalized spacial score (nSPS) is 12.2. The summed E-state index contributed by atoms with van der Waals surface area (Å²) < 4.78 is 36.9. The summed E-state index contributed by atoms with van der Waals surface area (Å²) in [5.74, 6) is 0. The van der Waals surface area contributed by atoms with Crippen LogP contribution in [0.15, 0.2) is 12.3 Å². The summed E-state index contributed by atoms with van der Waals surface area (Å²) in [5.41, 5.74) is 0.429. The molecule has 8 heteroatoms. The Bertz CT molecular complexity index is 401. The van der Waals surface area contributed by atoms with Crippen molar-refractivity contribution in [3.63, 3.8) is 0 Å². The van der Waals surface area contributed by atoms with Gasteiger partial charge in [-0.25, -0.2) is 4.98 Å². The van der Waals surface area contributed by atoms with Crippen molar-refractivity contribution in [3.05, 3.63) is 28.0 Å². The van der Waals surface area contributed by atoms with Gasteiger partial charge in [0.15, 0.2) is 0 Å². The van der Waals surface area contributed by atoms with Crippen LogP contribution in [0.3, 0.4) is 0 Å². The van der Waals surface area contributed by atoms with Crippen LogP contribution in [0.4, 0.5) is 13.2 Å². The van der Waals surface area contributed by atoms with Gasteiger partial charge in [0.1, 0.15) is 5.15 Å². The molecule has 0 radical (unpaired) electrons. The Balaban J connectivity index is 2.76. The van der Waals surface area contributed by atoms with Crippen LogP contribution in [0.2, 0.25) is 10.2 Å². The number of rotatable bonds is 5. The van der Waals surface area contributed by atoms with E-state index >= 15 is 0 Å². The lowest BCUT2D eigenvalue weighted by Crippen LogP contribution is -2.35. The maximum Gasteiger partial charge on any atom is 0.401 e. The lowest BCUT2D eigenvalue weighted by molar-refractivity contribution is -0.147. The van der Waals surface area contributed by atoms with E-state index in [-0.39, 0.29) is 29.9 Å². The molecule has 0 saturated carbocycles. The third kappa shape index (κ3) is 5.39. The molecule has 0 fully saturated rings. The molecule has 0 amide bonds. The summed E-state index contributed by atoms with van der Waals surface area (Å²) in [6, 6.07) is 1.36. The summed E-state index contributed by atoms with van der Waals surface area (Å²) >= 11 is 11.4. The van der Waals surface area contributed by atoms with E-state index in [1.807, 2.05) is 0 Å². The van der Waals surface area contributed by atoms with Crippen LogP contribution < -0.4 is 0 Å². The number of aliphatic hydroxyl groups excluding tert-OH is 1. The summed E-state index contributed by atoms with van der Waals surface area (Å²) in [4.78, 5) is 4.80. The van der Waals surface area contributed by atoms with E-state index in [1.165, 1.54) is 12.3 Å². The summed E-state index contributed by atoms with van der Waals surface area (Å²) in [6.07, 6.45) is -3.01. The number of hydrogen-bond donors (Lipinski definition) is 1. The van der Waals surface area contributed by atoms with Crippen LogP contribution in [-0.4, -0.2) is 40.9 Å². The van der Waals surface area contributed by atoms with Crippen molar-refractivity contribution >= 4 is 23.2 Å². The fourth-order valence-corrected chi connectivity index (χ4v) is 1.83. The molecule has 0 atom stereocenters. The predicted molar refractivity (Wildman–Crippen MR) is 62.7 cm³/mol. The third-order valence-electron chi connectivity index (χ3n) is 2.11. The quantitative estimate of drug-likeness (QED) is 0.850. The average Bonchev–Trinajstić information content (AvgIpc) is 2.20. The summed E-state index contributed by atoms with van der Waals surface area (Å²) in [7, 11) is 0. The first-order valence-electron chi connectivity index (χ1n) is 5.01. The van der Waals surface area contributed by atoms with Crippen LogP contribution in [-0.2, 0) is 6.54 Å². The van der Waals surface area contributed by atoms with E-state index in [0.717, 1.165) is 4.90 Å². The Morgan fingerprint density at radius 1 is 1.33 bits per heavy atom.